The molecule has 98 valence electrons. The fraction of sp³-hybridized carbons (Fsp3) is 0.154. The van der Waals surface area contributed by atoms with Crippen LogP contribution in [0.3, 0.4) is 0 Å². The van der Waals surface area contributed by atoms with Crippen LogP contribution in [0.2, 0.25) is 0 Å². The van der Waals surface area contributed by atoms with Crippen molar-refractivity contribution in [1.82, 2.24) is 15.6 Å². The number of H-pyrrole nitrogens is 1. The normalized spacial score (nSPS) is 10.3. The predicted octanol–water partition coefficient (Wildman–Crippen LogP) is 0.657. The van der Waals surface area contributed by atoms with Gasteiger partial charge < -0.3 is 0 Å². The Hall–Kier alpha value is -2.47. The van der Waals surface area contributed by atoms with Gasteiger partial charge in [0.05, 0.1) is 5.69 Å². The van der Waals surface area contributed by atoms with E-state index < -0.39 is 11.5 Å². The monoisotopic (exact) mass is 258 g/mol. The van der Waals surface area contributed by atoms with Crippen molar-refractivity contribution in [3.63, 3.8) is 0 Å². The van der Waals surface area contributed by atoms with Crippen LogP contribution in [0.1, 0.15) is 21.5 Å². The number of aromatic amines is 1. The number of hydrogen-bond donors (Lipinski definition) is 3. The minimum atomic E-state index is -0.644. The van der Waals surface area contributed by atoms with Gasteiger partial charge in [-0.15, -0.1) is 0 Å². The molecule has 1 heterocycles. The average Bonchev–Trinajstić information content (AvgIpc) is 2.39. The second kappa shape index (κ2) is 5.03. The molecule has 2 aromatic rings. The molecule has 0 fully saturated rings. The topological polar surface area (TPSA) is 101 Å². The number of nitrogens with two attached hydrogens (primary N) is 1. The molecule has 4 N–H and O–H groups in total. The Morgan fingerprint density at radius 3 is 2.68 bits per heavy atom. The summed E-state index contributed by atoms with van der Waals surface area (Å²) in [6, 6.07) is 7.27. The smallest absolute Gasteiger partial charge is 0.277 e. The molecule has 0 bridgehead atoms. The highest BCUT2D eigenvalue weighted by atomic mass is 16.2. The molecule has 0 radical (unpaired) electrons. The predicted molar refractivity (Wildman–Crippen MR) is 71.4 cm³/mol. The molecule has 1 aromatic heterocycles. The molecule has 0 spiro atoms. The summed E-state index contributed by atoms with van der Waals surface area (Å²) >= 11 is 0. The van der Waals surface area contributed by atoms with Crippen LogP contribution in [0.15, 0.2) is 29.1 Å². The van der Waals surface area contributed by atoms with Gasteiger partial charge in [-0.1, -0.05) is 23.8 Å². The summed E-state index contributed by atoms with van der Waals surface area (Å²) in [4.78, 5) is 23.0. The van der Waals surface area contributed by atoms with E-state index in [9.17, 15) is 9.59 Å². The van der Waals surface area contributed by atoms with Crippen molar-refractivity contribution in [2.45, 2.75) is 13.8 Å². The van der Waals surface area contributed by atoms with Crippen LogP contribution in [0.25, 0.3) is 11.3 Å². The van der Waals surface area contributed by atoms with Gasteiger partial charge in [-0.05, 0) is 25.5 Å². The SMILES string of the molecule is Cc1ccc(-c2cc(C(=O)NN)c(=O)[nH]n2)c(C)c1. The van der Waals surface area contributed by atoms with Crippen molar-refractivity contribution in [1.29, 1.82) is 0 Å². The third-order valence-electron chi connectivity index (χ3n) is 2.84. The Morgan fingerprint density at radius 1 is 1.32 bits per heavy atom. The first kappa shape index (κ1) is 13.0. The standard InChI is InChI=1S/C13H14N4O2/c1-7-3-4-9(8(2)5-7)11-6-10(12(18)15-14)13(19)17-16-11/h3-6H,14H2,1-2H3,(H,15,18)(H,17,19). The van der Waals surface area contributed by atoms with E-state index in [0.29, 0.717) is 5.69 Å². The molecule has 1 amide bonds. The maximum absolute atomic E-state index is 11.5. The number of aromatic nitrogens is 2. The Kier molecular flexibility index (Phi) is 3.43. The highest BCUT2D eigenvalue weighted by Gasteiger charge is 2.12. The number of carbonyl (C=O) groups is 1. The van der Waals surface area contributed by atoms with Gasteiger partial charge in [0.2, 0.25) is 0 Å². The van der Waals surface area contributed by atoms with Gasteiger partial charge >= 0.3 is 0 Å². The first-order valence-corrected chi connectivity index (χ1v) is 5.71. The van der Waals surface area contributed by atoms with Gasteiger partial charge in [-0.3, -0.25) is 15.0 Å². The number of nitrogen functional groups attached to an aromatic ring is 1. The van der Waals surface area contributed by atoms with Crippen LogP contribution in [0.4, 0.5) is 0 Å². The van der Waals surface area contributed by atoms with E-state index in [1.807, 2.05) is 37.5 Å². The molecule has 0 aliphatic carbocycles. The van der Waals surface area contributed by atoms with Crippen molar-refractivity contribution < 1.29 is 4.79 Å². The summed E-state index contributed by atoms with van der Waals surface area (Å²) in [5, 5.41) is 6.26. The molecule has 1 aromatic carbocycles. The molecule has 0 unspecified atom stereocenters. The van der Waals surface area contributed by atoms with E-state index in [1.165, 1.54) is 6.07 Å². The molecule has 6 nitrogen and oxygen atoms in total. The van der Waals surface area contributed by atoms with Crippen molar-refractivity contribution in [3.8, 4) is 11.3 Å². The zero-order chi connectivity index (χ0) is 14.0. The number of hydrazine groups is 1. The van der Waals surface area contributed by atoms with Gasteiger partial charge in [0, 0.05) is 5.56 Å². The molecular formula is C13H14N4O2. The van der Waals surface area contributed by atoms with Crippen molar-refractivity contribution in [3.05, 3.63) is 51.3 Å². The number of rotatable bonds is 2. The maximum Gasteiger partial charge on any atom is 0.277 e. The lowest BCUT2D eigenvalue weighted by Gasteiger charge is -2.07. The Morgan fingerprint density at radius 2 is 2.05 bits per heavy atom. The molecule has 2 rings (SSSR count). The fourth-order valence-corrected chi connectivity index (χ4v) is 1.89. The number of amides is 1. The number of carbonyl (C=O) groups excluding carboxylic acids is 1. The third kappa shape index (κ3) is 2.53. The maximum atomic E-state index is 11.5. The Bertz CT molecular complexity index is 691. The molecule has 6 heteroatoms. The van der Waals surface area contributed by atoms with Gasteiger partial charge in [0.25, 0.3) is 11.5 Å². The molecule has 0 saturated carbocycles. The first-order chi connectivity index (χ1) is 9.02. The zero-order valence-electron chi connectivity index (χ0n) is 10.7. The van der Waals surface area contributed by atoms with E-state index >= 15 is 0 Å². The van der Waals surface area contributed by atoms with Crippen LogP contribution in [0.5, 0.6) is 0 Å². The second-order valence-corrected chi connectivity index (χ2v) is 4.29. The molecule has 0 aliphatic heterocycles. The lowest BCUT2D eigenvalue weighted by Crippen LogP contribution is -2.34. The number of nitrogens with one attached hydrogen (secondary N) is 2. The van der Waals surface area contributed by atoms with E-state index in [2.05, 4.69) is 10.2 Å². The quantitative estimate of drug-likeness (QED) is 0.418. The zero-order valence-corrected chi connectivity index (χ0v) is 10.7. The Balaban J connectivity index is 2.57. The summed E-state index contributed by atoms with van der Waals surface area (Å²) in [6.07, 6.45) is 0. The summed E-state index contributed by atoms with van der Waals surface area (Å²) in [5.41, 5.74) is 4.82. The number of benzene rings is 1. The van der Waals surface area contributed by atoms with E-state index in [4.69, 9.17) is 5.84 Å². The summed E-state index contributed by atoms with van der Waals surface area (Å²) < 4.78 is 0. The number of hydrogen-bond acceptors (Lipinski definition) is 4. The minimum Gasteiger partial charge on any atom is -0.290 e. The average molecular weight is 258 g/mol. The van der Waals surface area contributed by atoms with Crippen LogP contribution in [-0.2, 0) is 0 Å². The second-order valence-electron chi connectivity index (χ2n) is 4.29. The lowest BCUT2D eigenvalue weighted by atomic mass is 10.0. The number of nitrogens with zero attached hydrogens (tertiary/aromatic N) is 1. The van der Waals surface area contributed by atoms with Crippen molar-refractivity contribution in [2.75, 3.05) is 0 Å². The van der Waals surface area contributed by atoms with E-state index in [1.54, 1.807) is 0 Å². The van der Waals surface area contributed by atoms with Gasteiger partial charge in [-0.25, -0.2) is 10.9 Å². The molecule has 0 atom stereocenters. The van der Waals surface area contributed by atoms with E-state index in [-0.39, 0.29) is 5.56 Å². The van der Waals surface area contributed by atoms with Crippen molar-refractivity contribution in [2.24, 2.45) is 5.84 Å². The molecule has 0 aliphatic rings. The van der Waals surface area contributed by atoms with Crippen LogP contribution < -0.4 is 16.8 Å². The van der Waals surface area contributed by atoms with Crippen molar-refractivity contribution >= 4 is 5.91 Å². The highest BCUT2D eigenvalue weighted by Crippen LogP contribution is 2.21. The van der Waals surface area contributed by atoms with Gasteiger partial charge in [0.15, 0.2) is 0 Å². The third-order valence-corrected chi connectivity index (χ3v) is 2.84. The largest absolute Gasteiger partial charge is 0.290 e. The van der Waals surface area contributed by atoms with E-state index in [0.717, 1.165) is 16.7 Å². The lowest BCUT2D eigenvalue weighted by molar-refractivity contribution is 0.0952. The fourth-order valence-electron chi connectivity index (χ4n) is 1.89. The first-order valence-electron chi connectivity index (χ1n) is 5.71. The highest BCUT2D eigenvalue weighted by molar-refractivity contribution is 5.94. The Labute approximate surface area is 109 Å². The van der Waals surface area contributed by atoms with Gasteiger partial charge in [0.1, 0.15) is 5.56 Å². The molecule has 0 saturated heterocycles. The minimum absolute atomic E-state index is 0.0625. The summed E-state index contributed by atoms with van der Waals surface area (Å²) in [7, 11) is 0. The summed E-state index contributed by atoms with van der Waals surface area (Å²) in [5.74, 6) is 4.39. The van der Waals surface area contributed by atoms with Gasteiger partial charge in [-0.2, -0.15) is 5.10 Å². The molecular weight excluding hydrogens is 244 g/mol. The molecule has 19 heavy (non-hydrogen) atoms. The summed E-state index contributed by atoms with van der Waals surface area (Å²) in [6.45, 7) is 3.93. The van der Waals surface area contributed by atoms with Crippen LogP contribution in [0, 0.1) is 13.8 Å². The number of aryl methyl sites for hydroxylation is 2. The van der Waals surface area contributed by atoms with Crippen LogP contribution >= 0.6 is 0 Å². The van der Waals surface area contributed by atoms with Crippen LogP contribution in [-0.4, -0.2) is 16.1 Å².